The number of aromatic nitrogens is 4. The van der Waals surface area contributed by atoms with Gasteiger partial charge in [0.15, 0.2) is 5.82 Å². The lowest BCUT2D eigenvalue weighted by Gasteiger charge is -2.36. The minimum Gasteiger partial charge on any atom is -0.382 e. The highest BCUT2D eigenvalue weighted by molar-refractivity contribution is 5.64. The molecule has 0 saturated carbocycles. The SMILES string of the molecule is Cc1cc(-c2cn(CCN3CCC3)c([C@@H]3CCN(c4ncnc(N)c4C#N)C[C@@H]3F)n2)ccc1F. The largest absolute Gasteiger partial charge is 0.382 e. The molecule has 8 nitrogen and oxygen atoms in total. The van der Waals surface area contributed by atoms with Crippen LogP contribution in [0, 0.1) is 24.1 Å². The van der Waals surface area contributed by atoms with Crippen LogP contribution in [0.4, 0.5) is 20.4 Å². The number of alkyl halides is 1. The Bertz CT molecular complexity index is 1260. The van der Waals surface area contributed by atoms with E-state index in [0.29, 0.717) is 30.2 Å². The molecule has 2 fully saturated rings. The first-order valence-corrected chi connectivity index (χ1v) is 11.9. The average molecular weight is 479 g/mol. The molecular formula is C25H28F2N8. The molecule has 2 atom stereocenters. The van der Waals surface area contributed by atoms with Gasteiger partial charge >= 0.3 is 0 Å². The van der Waals surface area contributed by atoms with E-state index in [1.807, 2.05) is 12.3 Å². The third kappa shape index (κ3) is 4.56. The maximum absolute atomic E-state index is 15.7. The zero-order valence-corrected chi connectivity index (χ0v) is 19.7. The van der Waals surface area contributed by atoms with Gasteiger partial charge in [-0.05, 0) is 56.6 Å². The second kappa shape index (κ2) is 9.58. The van der Waals surface area contributed by atoms with Crippen LogP contribution in [0.2, 0.25) is 0 Å². The van der Waals surface area contributed by atoms with E-state index >= 15 is 4.39 Å². The number of piperidine rings is 1. The molecule has 10 heteroatoms. The Labute approximate surface area is 203 Å². The van der Waals surface area contributed by atoms with Gasteiger partial charge in [-0.15, -0.1) is 0 Å². The van der Waals surface area contributed by atoms with Crippen LogP contribution in [0.25, 0.3) is 11.3 Å². The summed E-state index contributed by atoms with van der Waals surface area (Å²) >= 11 is 0. The summed E-state index contributed by atoms with van der Waals surface area (Å²) in [6.07, 6.45) is 3.77. The van der Waals surface area contributed by atoms with Crippen LogP contribution in [-0.2, 0) is 6.54 Å². The fraction of sp³-hybridized carbons (Fsp3) is 0.440. The van der Waals surface area contributed by atoms with Gasteiger partial charge in [0.05, 0.1) is 18.2 Å². The average Bonchev–Trinajstić information content (AvgIpc) is 3.23. The lowest BCUT2D eigenvalue weighted by Crippen LogP contribution is -2.43. The van der Waals surface area contributed by atoms with Crippen LogP contribution >= 0.6 is 0 Å². The zero-order valence-electron chi connectivity index (χ0n) is 19.7. The standard InChI is InChI=1S/C25H28F2N8/c1-16-11-17(3-4-20(16)26)22-14-35(10-9-33-6-2-7-33)25(32-22)18-5-8-34(13-21(18)27)24-19(12-28)23(29)30-15-31-24/h3-4,11,14-15,18,21H,2,5-10,13H2,1H3,(H2,29,30,31)/t18-,21+/m1/s1. The summed E-state index contributed by atoms with van der Waals surface area (Å²) in [7, 11) is 0. The molecule has 0 amide bonds. The van der Waals surface area contributed by atoms with Gasteiger partial charge in [-0.3, -0.25) is 0 Å². The first kappa shape index (κ1) is 23.2. The molecule has 35 heavy (non-hydrogen) atoms. The van der Waals surface area contributed by atoms with E-state index in [1.54, 1.807) is 24.0 Å². The molecule has 0 spiro atoms. The number of nitrogens with zero attached hydrogens (tertiary/aromatic N) is 7. The van der Waals surface area contributed by atoms with Crippen molar-refractivity contribution in [3.05, 3.63) is 53.5 Å². The monoisotopic (exact) mass is 478 g/mol. The molecule has 2 N–H and O–H groups in total. The Morgan fingerprint density at radius 3 is 2.71 bits per heavy atom. The van der Waals surface area contributed by atoms with Crippen LogP contribution in [0.1, 0.15) is 35.7 Å². The second-order valence-electron chi connectivity index (χ2n) is 9.26. The minimum absolute atomic E-state index is 0.0831. The minimum atomic E-state index is -1.21. The van der Waals surface area contributed by atoms with Crippen LogP contribution in [-0.4, -0.2) is 63.3 Å². The third-order valence-electron chi connectivity index (χ3n) is 7.01. The number of nitrogen functional groups attached to an aromatic ring is 1. The second-order valence-corrected chi connectivity index (χ2v) is 9.26. The van der Waals surface area contributed by atoms with Crippen molar-refractivity contribution in [3.8, 4) is 17.3 Å². The van der Waals surface area contributed by atoms with Crippen LogP contribution in [0.3, 0.4) is 0 Å². The Morgan fingerprint density at radius 2 is 2.03 bits per heavy atom. The van der Waals surface area contributed by atoms with E-state index in [9.17, 15) is 9.65 Å². The van der Waals surface area contributed by atoms with E-state index < -0.39 is 12.1 Å². The van der Waals surface area contributed by atoms with Crippen molar-refractivity contribution in [1.82, 2.24) is 24.4 Å². The number of nitrogens with two attached hydrogens (primary N) is 1. The number of anilines is 2. The number of imidazole rings is 1. The molecule has 0 bridgehead atoms. The molecule has 182 valence electrons. The van der Waals surface area contributed by atoms with Gasteiger partial charge < -0.3 is 20.1 Å². The highest BCUT2D eigenvalue weighted by atomic mass is 19.1. The fourth-order valence-electron chi connectivity index (χ4n) is 4.83. The summed E-state index contributed by atoms with van der Waals surface area (Å²) in [5.41, 5.74) is 8.08. The first-order chi connectivity index (χ1) is 16.9. The number of halogens is 2. The first-order valence-electron chi connectivity index (χ1n) is 11.9. The normalized spacial score (nSPS) is 20.5. The number of hydrogen-bond acceptors (Lipinski definition) is 7. The molecular weight excluding hydrogens is 450 g/mol. The van der Waals surface area contributed by atoms with Gasteiger partial charge in [0, 0.05) is 31.4 Å². The highest BCUT2D eigenvalue weighted by Gasteiger charge is 2.35. The van der Waals surface area contributed by atoms with Gasteiger partial charge in [-0.2, -0.15) is 5.26 Å². The third-order valence-corrected chi connectivity index (χ3v) is 7.01. The van der Waals surface area contributed by atoms with Gasteiger partial charge in [0.1, 0.15) is 41.6 Å². The Kier molecular flexibility index (Phi) is 6.34. The van der Waals surface area contributed by atoms with Gasteiger partial charge in [-0.25, -0.2) is 23.7 Å². The van der Waals surface area contributed by atoms with Crippen molar-refractivity contribution in [2.45, 2.75) is 38.4 Å². The topological polar surface area (TPSA) is 99.9 Å². The molecule has 5 rings (SSSR count). The number of nitriles is 1. The van der Waals surface area contributed by atoms with Crippen molar-refractivity contribution in [2.75, 3.05) is 43.4 Å². The lowest BCUT2D eigenvalue weighted by molar-refractivity contribution is 0.172. The summed E-state index contributed by atoms with van der Waals surface area (Å²) in [6.45, 7) is 6.09. The summed E-state index contributed by atoms with van der Waals surface area (Å²) in [6, 6.07) is 6.97. The maximum atomic E-state index is 15.7. The smallest absolute Gasteiger partial charge is 0.152 e. The summed E-state index contributed by atoms with van der Waals surface area (Å²) < 4.78 is 31.6. The van der Waals surface area contributed by atoms with Crippen molar-refractivity contribution in [2.24, 2.45) is 0 Å². The summed E-state index contributed by atoms with van der Waals surface area (Å²) in [5, 5.41) is 9.47. The lowest BCUT2D eigenvalue weighted by atomic mass is 9.93. The van der Waals surface area contributed by atoms with Crippen molar-refractivity contribution in [1.29, 1.82) is 5.26 Å². The van der Waals surface area contributed by atoms with E-state index in [-0.39, 0.29) is 23.7 Å². The molecule has 0 radical (unpaired) electrons. The van der Waals surface area contributed by atoms with Crippen LogP contribution < -0.4 is 10.6 Å². The van der Waals surface area contributed by atoms with Crippen molar-refractivity contribution >= 4 is 11.6 Å². The predicted octanol–water partition coefficient (Wildman–Crippen LogP) is 3.28. The molecule has 1 aromatic carbocycles. The van der Waals surface area contributed by atoms with Gasteiger partial charge in [0.2, 0.25) is 0 Å². The van der Waals surface area contributed by atoms with E-state index in [1.165, 1.54) is 18.8 Å². The molecule has 2 saturated heterocycles. The molecule has 2 aliphatic heterocycles. The summed E-state index contributed by atoms with van der Waals surface area (Å²) in [5.74, 6) is 0.505. The van der Waals surface area contributed by atoms with Crippen molar-refractivity contribution < 1.29 is 8.78 Å². The quantitative estimate of drug-likeness (QED) is 0.580. The predicted molar refractivity (Wildman–Crippen MR) is 129 cm³/mol. The fourth-order valence-corrected chi connectivity index (χ4v) is 4.83. The molecule has 2 aromatic heterocycles. The summed E-state index contributed by atoms with van der Waals surface area (Å²) in [4.78, 5) is 17.0. The Morgan fingerprint density at radius 1 is 1.20 bits per heavy atom. The van der Waals surface area contributed by atoms with E-state index in [4.69, 9.17) is 10.7 Å². The van der Waals surface area contributed by atoms with Crippen LogP contribution in [0.5, 0.6) is 0 Å². The Balaban J connectivity index is 1.42. The Hall–Kier alpha value is -3.58. The number of hydrogen-bond donors (Lipinski definition) is 1. The molecule has 3 aromatic rings. The highest BCUT2D eigenvalue weighted by Crippen LogP contribution is 2.35. The zero-order chi connectivity index (χ0) is 24.5. The van der Waals surface area contributed by atoms with Crippen molar-refractivity contribution in [3.63, 3.8) is 0 Å². The van der Waals surface area contributed by atoms with Gasteiger partial charge in [-0.1, -0.05) is 0 Å². The number of benzene rings is 1. The van der Waals surface area contributed by atoms with E-state index in [0.717, 1.165) is 37.4 Å². The molecule has 4 heterocycles. The molecule has 0 unspecified atom stereocenters. The number of aryl methyl sites for hydroxylation is 1. The van der Waals surface area contributed by atoms with E-state index in [2.05, 4.69) is 19.4 Å². The number of likely N-dealkylation sites (tertiary alicyclic amines) is 1. The molecule has 0 aliphatic carbocycles. The maximum Gasteiger partial charge on any atom is 0.152 e. The van der Waals surface area contributed by atoms with Crippen LogP contribution in [0.15, 0.2) is 30.7 Å². The number of rotatable bonds is 6. The van der Waals surface area contributed by atoms with Gasteiger partial charge in [0.25, 0.3) is 0 Å². The molecule has 2 aliphatic rings.